The monoisotopic (exact) mass is 450 g/mol. The van der Waals surface area contributed by atoms with E-state index in [1.807, 2.05) is 36.2 Å². The number of thioether (sulfide) groups is 1. The Morgan fingerprint density at radius 2 is 1.84 bits per heavy atom. The number of benzene rings is 1. The number of carbonyl (C=O) groups is 1. The highest BCUT2D eigenvalue weighted by atomic mass is 32.2. The first-order valence-corrected chi connectivity index (χ1v) is 12.0. The van der Waals surface area contributed by atoms with Gasteiger partial charge in [-0.25, -0.2) is 15.0 Å². The lowest BCUT2D eigenvalue weighted by Crippen LogP contribution is -2.49. The molecule has 0 spiro atoms. The van der Waals surface area contributed by atoms with Crippen molar-refractivity contribution >= 4 is 23.5 Å². The number of rotatable bonds is 6. The molecule has 0 saturated carbocycles. The van der Waals surface area contributed by atoms with Crippen LogP contribution >= 0.6 is 11.8 Å². The first-order chi connectivity index (χ1) is 15.4. The van der Waals surface area contributed by atoms with Crippen LogP contribution in [0, 0.1) is 13.8 Å². The Hall–Kier alpha value is -2.87. The summed E-state index contributed by atoms with van der Waals surface area (Å²) in [5, 5.41) is 0.837. The minimum Gasteiger partial charge on any atom is -0.353 e. The van der Waals surface area contributed by atoms with Crippen LogP contribution < -0.4 is 4.90 Å². The van der Waals surface area contributed by atoms with Gasteiger partial charge in [-0.05, 0) is 25.5 Å². The molecule has 1 aliphatic heterocycles. The van der Waals surface area contributed by atoms with E-state index in [0.717, 1.165) is 41.3 Å². The van der Waals surface area contributed by atoms with Crippen molar-refractivity contribution in [2.24, 2.45) is 0 Å². The van der Waals surface area contributed by atoms with Crippen LogP contribution in [-0.4, -0.2) is 62.3 Å². The fourth-order valence-electron chi connectivity index (χ4n) is 3.81. The van der Waals surface area contributed by atoms with Gasteiger partial charge in [0.15, 0.2) is 5.16 Å². The molecule has 4 rings (SSSR count). The van der Waals surface area contributed by atoms with Crippen LogP contribution in [0.4, 0.5) is 5.82 Å². The molecule has 168 valence electrons. The Labute approximate surface area is 193 Å². The predicted molar refractivity (Wildman–Crippen MR) is 129 cm³/mol. The zero-order valence-corrected chi connectivity index (χ0v) is 20.0. The van der Waals surface area contributed by atoms with E-state index >= 15 is 0 Å². The fraction of sp³-hybridized carbons (Fsp3) is 0.417. The van der Waals surface area contributed by atoms with Crippen molar-refractivity contribution in [2.45, 2.75) is 38.8 Å². The van der Waals surface area contributed by atoms with Crippen molar-refractivity contribution in [3.63, 3.8) is 0 Å². The maximum absolute atomic E-state index is 12.9. The van der Waals surface area contributed by atoms with E-state index in [2.05, 4.69) is 52.3 Å². The second-order valence-electron chi connectivity index (χ2n) is 8.40. The number of piperazine rings is 1. The number of hydrogen-bond donors (Lipinski definition) is 0. The van der Waals surface area contributed by atoms with Gasteiger partial charge >= 0.3 is 0 Å². The maximum atomic E-state index is 12.9. The molecule has 7 nitrogen and oxygen atoms in total. The maximum Gasteiger partial charge on any atom is 0.233 e. The molecule has 1 aromatic carbocycles. The average Bonchev–Trinajstić information content (AvgIpc) is 3.26. The first-order valence-electron chi connectivity index (χ1n) is 11.0. The lowest BCUT2D eigenvalue weighted by Gasteiger charge is -2.35. The lowest BCUT2D eigenvalue weighted by molar-refractivity contribution is -0.128. The van der Waals surface area contributed by atoms with Crippen LogP contribution in [0.5, 0.6) is 0 Å². The molecule has 1 saturated heterocycles. The Morgan fingerprint density at radius 1 is 1.09 bits per heavy atom. The highest BCUT2D eigenvalue weighted by molar-refractivity contribution is 7.99. The molecule has 2 aromatic heterocycles. The summed E-state index contributed by atoms with van der Waals surface area (Å²) >= 11 is 1.49. The van der Waals surface area contributed by atoms with Gasteiger partial charge < -0.3 is 9.80 Å². The quantitative estimate of drug-likeness (QED) is 0.532. The lowest BCUT2D eigenvalue weighted by atomic mass is 10.2. The topological polar surface area (TPSA) is 67.2 Å². The summed E-state index contributed by atoms with van der Waals surface area (Å²) in [6.07, 6.45) is 3.73. The largest absolute Gasteiger partial charge is 0.353 e. The summed E-state index contributed by atoms with van der Waals surface area (Å²) in [4.78, 5) is 30.8. The Bertz CT molecular complexity index is 1090. The zero-order chi connectivity index (χ0) is 22.7. The molecule has 3 aromatic rings. The molecule has 0 unspecified atom stereocenters. The van der Waals surface area contributed by atoms with Gasteiger partial charge in [0.2, 0.25) is 5.91 Å². The van der Waals surface area contributed by atoms with Crippen LogP contribution in [0.3, 0.4) is 0 Å². The fourth-order valence-corrected chi connectivity index (χ4v) is 4.68. The summed E-state index contributed by atoms with van der Waals surface area (Å²) in [5.74, 6) is 2.66. The summed E-state index contributed by atoms with van der Waals surface area (Å²) < 4.78 is 2.05. The van der Waals surface area contributed by atoms with Gasteiger partial charge in [0.1, 0.15) is 11.6 Å². The van der Waals surface area contributed by atoms with E-state index < -0.39 is 0 Å². The Morgan fingerprint density at radius 3 is 2.56 bits per heavy atom. The number of aromatic nitrogens is 4. The number of amides is 1. The third-order valence-corrected chi connectivity index (χ3v) is 6.59. The molecule has 0 radical (unpaired) electrons. The normalized spacial score (nSPS) is 14.3. The Kier molecular flexibility index (Phi) is 6.79. The van der Waals surface area contributed by atoms with Gasteiger partial charge in [0.05, 0.1) is 11.4 Å². The molecule has 0 atom stereocenters. The van der Waals surface area contributed by atoms with Gasteiger partial charge in [0, 0.05) is 56.3 Å². The zero-order valence-electron chi connectivity index (χ0n) is 19.2. The van der Waals surface area contributed by atoms with Gasteiger partial charge in [-0.1, -0.05) is 43.8 Å². The standard InChI is InChI=1S/C24H30N6OS/c1-17(2)23-26-19(4)15-21(27-23)28-11-13-29(14-12-28)22(31)16-32-24-25-9-10-30(24)20-8-6-5-7-18(20)3/h5-10,15,17H,11-14,16H2,1-4H3. The van der Waals surface area contributed by atoms with E-state index in [0.29, 0.717) is 24.8 Å². The smallest absolute Gasteiger partial charge is 0.233 e. The molecule has 0 aliphatic carbocycles. The second-order valence-corrected chi connectivity index (χ2v) is 9.35. The second kappa shape index (κ2) is 9.73. The summed E-state index contributed by atoms with van der Waals surface area (Å²) in [5.41, 5.74) is 3.25. The highest BCUT2D eigenvalue weighted by Crippen LogP contribution is 2.24. The van der Waals surface area contributed by atoms with E-state index in [9.17, 15) is 4.79 Å². The van der Waals surface area contributed by atoms with Gasteiger partial charge in [-0.2, -0.15) is 0 Å². The minimum absolute atomic E-state index is 0.149. The number of hydrogen-bond acceptors (Lipinski definition) is 6. The third-order valence-electron chi connectivity index (χ3n) is 5.64. The van der Waals surface area contributed by atoms with Crippen molar-refractivity contribution in [1.82, 2.24) is 24.4 Å². The summed E-state index contributed by atoms with van der Waals surface area (Å²) in [7, 11) is 0. The van der Waals surface area contributed by atoms with Crippen molar-refractivity contribution < 1.29 is 4.79 Å². The molecular formula is C24H30N6OS. The van der Waals surface area contributed by atoms with Crippen LogP contribution in [0.15, 0.2) is 47.9 Å². The number of aryl methyl sites for hydroxylation is 2. The van der Waals surface area contributed by atoms with E-state index in [1.54, 1.807) is 6.20 Å². The molecular weight excluding hydrogens is 420 g/mol. The SMILES string of the molecule is Cc1cc(N2CCN(C(=O)CSc3nccn3-c3ccccc3C)CC2)nc(C(C)C)n1. The highest BCUT2D eigenvalue weighted by Gasteiger charge is 2.23. The van der Waals surface area contributed by atoms with Gasteiger partial charge in [-0.15, -0.1) is 0 Å². The number of carbonyl (C=O) groups excluding carboxylic acids is 1. The molecule has 8 heteroatoms. The van der Waals surface area contributed by atoms with Crippen LogP contribution in [-0.2, 0) is 4.79 Å². The molecule has 1 aliphatic rings. The summed E-state index contributed by atoms with van der Waals surface area (Å²) in [6, 6.07) is 10.2. The number of imidazole rings is 1. The molecule has 0 bridgehead atoms. The molecule has 3 heterocycles. The molecule has 0 N–H and O–H groups in total. The predicted octanol–water partition coefficient (Wildman–Crippen LogP) is 3.84. The average molecular weight is 451 g/mol. The van der Waals surface area contributed by atoms with Crippen molar-refractivity contribution in [3.05, 3.63) is 59.8 Å². The Balaban J connectivity index is 1.35. The first kappa shape index (κ1) is 22.3. The number of para-hydroxylation sites is 1. The van der Waals surface area contributed by atoms with E-state index in [4.69, 9.17) is 4.98 Å². The van der Waals surface area contributed by atoms with Crippen molar-refractivity contribution in [2.75, 3.05) is 36.8 Å². The number of nitrogens with zero attached hydrogens (tertiary/aromatic N) is 6. The van der Waals surface area contributed by atoms with Gasteiger partial charge in [0.25, 0.3) is 0 Å². The molecule has 32 heavy (non-hydrogen) atoms. The number of anilines is 1. The summed E-state index contributed by atoms with van der Waals surface area (Å²) in [6.45, 7) is 11.3. The van der Waals surface area contributed by atoms with E-state index in [1.165, 1.54) is 17.3 Å². The molecule has 1 amide bonds. The van der Waals surface area contributed by atoms with Crippen molar-refractivity contribution in [1.29, 1.82) is 0 Å². The van der Waals surface area contributed by atoms with Crippen LogP contribution in [0.1, 0.15) is 36.8 Å². The third kappa shape index (κ3) is 4.96. The minimum atomic E-state index is 0.149. The van der Waals surface area contributed by atoms with Crippen molar-refractivity contribution in [3.8, 4) is 5.69 Å². The molecule has 1 fully saturated rings. The van der Waals surface area contributed by atoms with Crippen LogP contribution in [0.25, 0.3) is 5.69 Å². The van der Waals surface area contributed by atoms with Gasteiger partial charge in [-0.3, -0.25) is 9.36 Å². The van der Waals surface area contributed by atoms with E-state index in [-0.39, 0.29) is 5.91 Å². The van der Waals surface area contributed by atoms with Crippen LogP contribution in [0.2, 0.25) is 0 Å².